The lowest BCUT2D eigenvalue weighted by atomic mass is 10.3. The Bertz CT molecular complexity index is 824. The molecule has 0 fully saturated rings. The molecule has 0 spiro atoms. The SMILES string of the molecule is O=S(=O)(O)Nc1cccc(S(=O)(=O)O)c1NS(=O)(=O)O. The van der Waals surface area contributed by atoms with Crippen LogP contribution in [0, 0.1) is 0 Å². The Hall–Kier alpha value is -1.45. The number of nitrogens with one attached hydrogen (secondary N) is 2. The third kappa shape index (κ3) is 4.91. The summed E-state index contributed by atoms with van der Waals surface area (Å²) >= 11 is 0. The van der Waals surface area contributed by atoms with Crippen LogP contribution in [0.4, 0.5) is 11.4 Å². The number of hydrogen-bond acceptors (Lipinski definition) is 6. The van der Waals surface area contributed by atoms with Gasteiger partial charge in [-0.25, -0.2) is 0 Å². The van der Waals surface area contributed by atoms with Crippen molar-refractivity contribution in [3.05, 3.63) is 18.2 Å². The molecule has 0 saturated heterocycles. The van der Waals surface area contributed by atoms with Crippen molar-refractivity contribution in [1.82, 2.24) is 0 Å². The van der Waals surface area contributed by atoms with Gasteiger partial charge in [-0.2, -0.15) is 25.3 Å². The Kier molecular flexibility index (Phi) is 4.28. The summed E-state index contributed by atoms with van der Waals surface area (Å²) in [5, 5.41) is 0. The second-order valence-corrected chi connectivity index (χ2v) is 7.01. The van der Waals surface area contributed by atoms with Crippen molar-refractivity contribution < 1.29 is 38.9 Å². The summed E-state index contributed by atoms with van der Waals surface area (Å²) in [7, 11) is -14.8. The van der Waals surface area contributed by atoms with Gasteiger partial charge in [-0.05, 0) is 12.1 Å². The number of benzene rings is 1. The summed E-state index contributed by atoms with van der Waals surface area (Å²) in [5.74, 6) is 0. The lowest BCUT2D eigenvalue weighted by Gasteiger charge is -2.13. The largest absolute Gasteiger partial charge is 0.357 e. The lowest BCUT2D eigenvalue weighted by Crippen LogP contribution is -2.18. The van der Waals surface area contributed by atoms with E-state index in [2.05, 4.69) is 0 Å². The monoisotopic (exact) mass is 348 g/mol. The summed E-state index contributed by atoms with van der Waals surface area (Å²) in [5.41, 5.74) is -1.73. The first-order chi connectivity index (χ1) is 8.80. The molecule has 0 heterocycles. The van der Waals surface area contributed by atoms with E-state index in [9.17, 15) is 25.3 Å². The maximum atomic E-state index is 11.1. The highest BCUT2D eigenvalue weighted by Gasteiger charge is 2.23. The van der Waals surface area contributed by atoms with Crippen LogP contribution in [0.15, 0.2) is 23.1 Å². The summed E-state index contributed by atoms with van der Waals surface area (Å²) in [6, 6.07) is 2.56. The van der Waals surface area contributed by atoms with E-state index in [-0.39, 0.29) is 0 Å². The third-order valence-corrected chi connectivity index (χ3v) is 3.61. The molecule has 0 aliphatic carbocycles. The van der Waals surface area contributed by atoms with Crippen molar-refractivity contribution in [2.24, 2.45) is 0 Å². The van der Waals surface area contributed by atoms with Gasteiger partial charge in [0.05, 0.1) is 11.4 Å². The molecule has 114 valence electrons. The van der Waals surface area contributed by atoms with Crippen molar-refractivity contribution in [3.63, 3.8) is 0 Å². The minimum absolute atomic E-state index is 0.734. The van der Waals surface area contributed by atoms with Crippen LogP contribution in [0.2, 0.25) is 0 Å². The Labute approximate surface area is 114 Å². The van der Waals surface area contributed by atoms with Gasteiger partial charge in [0.1, 0.15) is 4.90 Å². The molecule has 1 rings (SSSR count). The topological polar surface area (TPSA) is 187 Å². The van der Waals surface area contributed by atoms with Crippen molar-refractivity contribution >= 4 is 42.1 Å². The maximum Gasteiger partial charge on any atom is 0.357 e. The zero-order valence-electron chi connectivity index (χ0n) is 9.25. The highest BCUT2D eigenvalue weighted by molar-refractivity contribution is 7.88. The molecule has 5 N–H and O–H groups in total. The fraction of sp³-hybridized carbons (Fsp3) is 0. The molecule has 0 aliphatic heterocycles. The average molecular weight is 348 g/mol. The molecule has 11 nitrogen and oxygen atoms in total. The van der Waals surface area contributed by atoms with Crippen LogP contribution < -0.4 is 9.44 Å². The summed E-state index contributed by atoms with van der Waals surface area (Å²) < 4.78 is 93.7. The van der Waals surface area contributed by atoms with E-state index in [1.807, 2.05) is 0 Å². The second-order valence-electron chi connectivity index (χ2n) is 3.31. The number of hydrogen-bond donors (Lipinski definition) is 5. The molecule has 0 radical (unpaired) electrons. The van der Waals surface area contributed by atoms with Gasteiger partial charge in [0, 0.05) is 0 Å². The molecule has 0 aliphatic rings. The van der Waals surface area contributed by atoms with Crippen LogP contribution in [0.5, 0.6) is 0 Å². The fourth-order valence-corrected chi connectivity index (χ4v) is 2.86. The number of para-hydroxylation sites is 1. The van der Waals surface area contributed by atoms with Gasteiger partial charge < -0.3 is 0 Å². The zero-order chi connectivity index (χ0) is 15.8. The van der Waals surface area contributed by atoms with Gasteiger partial charge in [0.25, 0.3) is 10.1 Å². The van der Waals surface area contributed by atoms with Gasteiger partial charge >= 0.3 is 20.6 Å². The van der Waals surface area contributed by atoms with E-state index < -0.39 is 47.0 Å². The molecular formula is C6H8N2O9S3. The molecule has 0 aromatic heterocycles. The van der Waals surface area contributed by atoms with Gasteiger partial charge in [-0.15, -0.1) is 0 Å². The number of rotatable bonds is 5. The third-order valence-electron chi connectivity index (χ3n) is 1.77. The standard InChI is InChI=1S/C6H8N2O9S3/c9-18(10,11)5-3-1-2-4(7-19(12,13)14)6(5)8-20(15,16)17/h1-3,7-8H,(H,9,10,11)(H,12,13,14)(H,15,16,17). The van der Waals surface area contributed by atoms with Crippen molar-refractivity contribution in [3.8, 4) is 0 Å². The number of anilines is 2. The Balaban J connectivity index is 3.61. The first-order valence-corrected chi connectivity index (χ1v) is 8.72. The Morgan fingerprint density at radius 3 is 1.70 bits per heavy atom. The molecule has 20 heavy (non-hydrogen) atoms. The van der Waals surface area contributed by atoms with Gasteiger partial charge in [0.15, 0.2) is 0 Å². The van der Waals surface area contributed by atoms with Gasteiger partial charge in [0.2, 0.25) is 0 Å². The molecule has 0 atom stereocenters. The first kappa shape index (κ1) is 16.6. The molecule has 0 bridgehead atoms. The van der Waals surface area contributed by atoms with Crippen LogP contribution in [-0.4, -0.2) is 38.9 Å². The van der Waals surface area contributed by atoms with Crippen LogP contribution in [0.3, 0.4) is 0 Å². The van der Waals surface area contributed by atoms with Crippen LogP contribution >= 0.6 is 0 Å². The Morgan fingerprint density at radius 2 is 1.30 bits per heavy atom. The van der Waals surface area contributed by atoms with Gasteiger partial charge in [-0.3, -0.25) is 23.1 Å². The smallest absolute Gasteiger partial charge is 0.282 e. The highest BCUT2D eigenvalue weighted by atomic mass is 32.2. The van der Waals surface area contributed by atoms with Crippen LogP contribution in [0.25, 0.3) is 0 Å². The summed E-state index contributed by atoms with van der Waals surface area (Å²) in [6.45, 7) is 0. The second kappa shape index (κ2) is 5.15. The normalized spacial score (nSPS) is 12.9. The Morgan fingerprint density at radius 1 is 0.800 bits per heavy atom. The molecule has 1 aromatic carbocycles. The fourth-order valence-electron chi connectivity index (χ4n) is 1.20. The quantitative estimate of drug-likeness (QED) is 0.431. The van der Waals surface area contributed by atoms with E-state index in [1.165, 1.54) is 9.44 Å². The molecule has 1 aromatic rings. The predicted octanol–water partition coefficient (Wildman–Crippen LogP) is -0.637. The van der Waals surface area contributed by atoms with Crippen molar-refractivity contribution in [2.45, 2.75) is 4.90 Å². The van der Waals surface area contributed by atoms with E-state index in [0.29, 0.717) is 0 Å². The molecule has 0 unspecified atom stereocenters. The van der Waals surface area contributed by atoms with E-state index in [4.69, 9.17) is 13.7 Å². The van der Waals surface area contributed by atoms with Crippen LogP contribution in [-0.2, 0) is 30.7 Å². The van der Waals surface area contributed by atoms with E-state index >= 15 is 0 Å². The van der Waals surface area contributed by atoms with Crippen molar-refractivity contribution in [2.75, 3.05) is 9.44 Å². The lowest BCUT2D eigenvalue weighted by molar-refractivity contribution is 0.482. The highest BCUT2D eigenvalue weighted by Crippen LogP contribution is 2.31. The van der Waals surface area contributed by atoms with E-state index in [1.54, 1.807) is 0 Å². The van der Waals surface area contributed by atoms with Crippen molar-refractivity contribution in [1.29, 1.82) is 0 Å². The maximum absolute atomic E-state index is 11.1. The zero-order valence-corrected chi connectivity index (χ0v) is 11.7. The predicted molar refractivity (Wildman–Crippen MR) is 66.6 cm³/mol. The summed E-state index contributed by atoms with van der Waals surface area (Å²) in [6.07, 6.45) is 0. The first-order valence-electron chi connectivity index (χ1n) is 4.40. The molecule has 0 amide bonds. The van der Waals surface area contributed by atoms with E-state index in [0.717, 1.165) is 18.2 Å². The molecule has 14 heteroatoms. The summed E-state index contributed by atoms with van der Waals surface area (Å²) in [4.78, 5) is -1.04. The minimum atomic E-state index is -4.98. The molecular weight excluding hydrogens is 340 g/mol. The minimum Gasteiger partial charge on any atom is -0.282 e. The average Bonchev–Trinajstić information content (AvgIpc) is 2.14. The van der Waals surface area contributed by atoms with Gasteiger partial charge in [-0.1, -0.05) is 6.07 Å². The van der Waals surface area contributed by atoms with Crippen LogP contribution in [0.1, 0.15) is 0 Å². The molecule has 0 saturated carbocycles.